The number of nitro benzene ring substituents is 1. The van der Waals surface area contributed by atoms with Gasteiger partial charge in [-0.2, -0.15) is 0 Å². The van der Waals surface area contributed by atoms with E-state index < -0.39 is 4.92 Å². The van der Waals surface area contributed by atoms with Crippen molar-refractivity contribution in [2.24, 2.45) is 0 Å². The van der Waals surface area contributed by atoms with Crippen LogP contribution in [0.15, 0.2) is 35.1 Å². The van der Waals surface area contributed by atoms with Gasteiger partial charge in [-0.1, -0.05) is 0 Å². The third-order valence-electron chi connectivity index (χ3n) is 2.05. The lowest BCUT2D eigenvalue weighted by atomic mass is 10.1. The van der Waals surface area contributed by atoms with E-state index in [1.54, 1.807) is 0 Å². The lowest BCUT2D eigenvalue weighted by Crippen LogP contribution is -1.88. The van der Waals surface area contributed by atoms with Crippen molar-refractivity contribution in [3.05, 3.63) is 46.5 Å². The molecule has 0 fully saturated rings. The Morgan fingerprint density at radius 1 is 1.31 bits per heavy atom. The molecule has 6 heteroatoms. The first-order valence-corrected chi connectivity index (χ1v) is 4.36. The molecule has 0 radical (unpaired) electrons. The number of non-ortho nitro benzene ring substituents is 1. The summed E-state index contributed by atoms with van der Waals surface area (Å²) in [5.41, 5.74) is 0.731. The van der Waals surface area contributed by atoms with Crippen LogP contribution in [0.1, 0.15) is 10.5 Å². The molecule has 0 amide bonds. The summed E-state index contributed by atoms with van der Waals surface area (Å²) in [5.74, 6) is 0.310. The number of oxazole rings is 1. The molecular formula is C10H6N2O4. The van der Waals surface area contributed by atoms with Crippen molar-refractivity contribution in [3.8, 4) is 11.3 Å². The van der Waals surface area contributed by atoms with Gasteiger partial charge in [0.2, 0.25) is 0 Å². The number of nitrogens with zero attached hydrogens (tertiary/aromatic N) is 2. The van der Waals surface area contributed by atoms with Crippen molar-refractivity contribution in [1.29, 1.82) is 0 Å². The number of rotatable bonds is 3. The highest BCUT2D eigenvalue weighted by Gasteiger charge is 2.11. The van der Waals surface area contributed by atoms with Gasteiger partial charge in [0.25, 0.3) is 5.69 Å². The monoisotopic (exact) mass is 218 g/mol. The van der Waals surface area contributed by atoms with Crippen molar-refractivity contribution in [2.45, 2.75) is 0 Å². The number of aromatic nitrogens is 1. The molecule has 80 valence electrons. The molecule has 16 heavy (non-hydrogen) atoms. The molecule has 1 heterocycles. The highest BCUT2D eigenvalue weighted by atomic mass is 16.6. The fraction of sp³-hybridized carbons (Fsp3) is 0. The number of carbonyl (C=O) groups excluding carboxylic acids is 1. The van der Waals surface area contributed by atoms with Crippen molar-refractivity contribution < 1.29 is 14.1 Å². The SMILES string of the molecule is O=Cc1ncoc1-c1ccc([N+](=O)[O-])cc1. The standard InChI is InChI=1S/C10H6N2O4/c13-5-9-10(16-6-11-9)7-1-3-8(4-2-7)12(14)15/h1-6H. The largest absolute Gasteiger partial charge is 0.443 e. The Bertz CT molecular complexity index is 530. The van der Waals surface area contributed by atoms with Crippen LogP contribution < -0.4 is 0 Å². The Morgan fingerprint density at radius 3 is 2.56 bits per heavy atom. The summed E-state index contributed by atoms with van der Waals surface area (Å²) >= 11 is 0. The fourth-order valence-corrected chi connectivity index (χ4v) is 1.29. The minimum atomic E-state index is -0.495. The molecule has 0 aliphatic carbocycles. The molecule has 0 aliphatic rings. The van der Waals surface area contributed by atoms with Crippen LogP contribution in [0.5, 0.6) is 0 Å². The molecule has 2 aromatic rings. The zero-order valence-corrected chi connectivity index (χ0v) is 7.99. The van der Waals surface area contributed by atoms with Crippen LogP contribution in [0, 0.1) is 10.1 Å². The summed E-state index contributed by atoms with van der Waals surface area (Å²) in [6.45, 7) is 0. The van der Waals surface area contributed by atoms with E-state index in [1.807, 2.05) is 0 Å². The summed E-state index contributed by atoms with van der Waals surface area (Å²) in [5, 5.41) is 10.4. The van der Waals surface area contributed by atoms with Crippen LogP contribution >= 0.6 is 0 Å². The van der Waals surface area contributed by atoms with Gasteiger partial charge in [-0.05, 0) is 12.1 Å². The van der Waals surface area contributed by atoms with Gasteiger partial charge >= 0.3 is 0 Å². The first-order valence-electron chi connectivity index (χ1n) is 4.36. The minimum Gasteiger partial charge on any atom is -0.443 e. The maximum absolute atomic E-state index is 10.6. The molecule has 6 nitrogen and oxygen atoms in total. The van der Waals surface area contributed by atoms with Crippen molar-refractivity contribution in [2.75, 3.05) is 0 Å². The van der Waals surface area contributed by atoms with E-state index in [2.05, 4.69) is 4.98 Å². The number of benzene rings is 1. The molecule has 0 saturated carbocycles. The fourth-order valence-electron chi connectivity index (χ4n) is 1.29. The van der Waals surface area contributed by atoms with Gasteiger partial charge in [0.15, 0.2) is 18.4 Å². The third-order valence-corrected chi connectivity index (χ3v) is 2.05. The topological polar surface area (TPSA) is 86.2 Å². The quantitative estimate of drug-likeness (QED) is 0.447. The number of carbonyl (C=O) groups is 1. The zero-order valence-electron chi connectivity index (χ0n) is 7.99. The number of aldehydes is 1. The van der Waals surface area contributed by atoms with Crippen LogP contribution in [0.2, 0.25) is 0 Å². The van der Waals surface area contributed by atoms with Gasteiger partial charge in [0, 0.05) is 17.7 Å². The van der Waals surface area contributed by atoms with Gasteiger partial charge in [-0.25, -0.2) is 4.98 Å². The van der Waals surface area contributed by atoms with Gasteiger partial charge in [-0.15, -0.1) is 0 Å². The predicted molar refractivity (Wildman–Crippen MR) is 54.0 cm³/mol. The summed E-state index contributed by atoms with van der Waals surface area (Å²) in [6, 6.07) is 5.69. The maximum Gasteiger partial charge on any atom is 0.269 e. The van der Waals surface area contributed by atoms with Gasteiger partial charge in [0.1, 0.15) is 5.69 Å². The molecule has 0 atom stereocenters. The van der Waals surface area contributed by atoms with E-state index in [4.69, 9.17) is 4.42 Å². The second kappa shape index (κ2) is 3.93. The highest BCUT2D eigenvalue weighted by molar-refractivity contribution is 5.82. The molecular weight excluding hydrogens is 212 g/mol. The van der Waals surface area contributed by atoms with Crippen LogP contribution in [0.25, 0.3) is 11.3 Å². The molecule has 1 aromatic carbocycles. The lowest BCUT2D eigenvalue weighted by Gasteiger charge is -1.96. The Morgan fingerprint density at radius 2 is 2.00 bits per heavy atom. The lowest BCUT2D eigenvalue weighted by molar-refractivity contribution is -0.384. The van der Waals surface area contributed by atoms with E-state index in [0.717, 1.165) is 6.39 Å². The molecule has 0 N–H and O–H groups in total. The summed E-state index contributed by atoms with van der Waals surface area (Å²) < 4.78 is 5.03. The van der Waals surface area contributed by atoms with Gasteiger partial charge in [0.05, 0.1) is 4.92 Å². The van der Waals surface area contributed by atoms with E-state index in [-0.39, 0.29) is 11.4 Å². The van der Waals surface area contributed by atoms with Gasteiger partial charge in [-0.3, -0.25) is 14.9 Å². The summed E-state index contributed by atoms with van der Waals surface area (Å²) in [7, 11) is 0. The molecule has 2 rings (SSSR count). The van der Waals surface area contributed by atoms with Crippen LogP contribution in [0.4, 0.5) is 5.69 Å². The van der Waals surface area contributed by atoms with E-state index in [1.165, 1.54) is 24.3 Å². The van der Waals surface area contributed by atoms with Crippen molar-refractivity contribution in [1.82, 2.24) is 4.98 Å². The second-order valence-electron chi connectivity index (χ2n) is 2.99. The van der Waals surface area contributed by atoms with E-state index in [0.29, 0.717) is 17.6 Å². The zero-order chi connectivity index (χ0) is 11.5. The van der Waals surface area contributed by atoms with Crippen LogP contribution in [0.3, 0.4) is 0 Å². The number of hydrogen-bond donors (Lipinski definition) is 0. The molecule has 0 spiro atoms. The van der Waals surface area contributed by atoms with Crippen molar-refractivity contribution >= 4 is 12.0 Å². The normalized spacial score (nSPS) is 10.0. The Labute approximate surface area is 89.7 Å². The van der Waals surface area contributed by atoms with Crippen LogP contribution in [-0.2, 0) is 0 Å². The minimum absolute atomic E-state index is 0.0177. The molecule has 0 bridgehead atoms. The number of hydrogen-bond acceptors (Lipinski definition) is 5. The Hall–Kier alpha value is -2.50. The summed E-state index contributed by atoms with van der Waals surface area (Å²) in [6.07, 6.45) is 1.72. The first-order chi connectivity index (χ1) is 7.72. The molecule has 1 aromatic heterocycles. The van der Waals surface area contributed by atoms with Crippen LogP contribution in [-0.4, -0.2) is 16.2 Å². The molecule has 0 saturated heterocycles. The molecule has 0 unspecified atom stereocenters. The maximum atomic E-state index is 10.6. The Kier molecular flexibility index (Phi) is 2.47. The average molecular weight is 218 g/mol. The van der Waals surface area contributed by atoms with E-state index in [9.17, 15) is 14.9 Å². The number of nitro groups is 1. The van der Waals surface area contributed by atoms with Gasteiger partial charge < -0.3 is 4.42 Å². The van der Waals surface area contributed by atoms with Crippen molar-refractivity contribution in [3.63, 3.8) is 0 Å². The smallest absolute Gasteiger partial charge is 0.269 e. The second-order valence-corrected chi connectivity index (χ2v) is 2.99. The third kappa shape index (κ3) is 1.68. The van der Waals surface area contributed by atoms with E-state index >= 15 is 0 Å². The highest BCUT2D eigenvalue weighted by Crippen LogP contribution is 2.24. The Balaban J connectivity index is 2.42. The first kappa shape index (κ1) is 10.0. The summed E-state index contributed by atoms with van der Waals surface area (Å²) in [4.78, 5) is 24.2. The predicted octanol–water partition coefficient (Wildman–Crippen LogP) is 2.06. The average Bonchev–Trinajstić information content (AvgIpc) is 2.77. The molecule has 0 aliphatic heterocycles.